The molecule has 0 N–H and O–H groups in total. The highest BCUT2D eigenvalue weighted by atomic mass is 79.9. The number of likely N-dealkylation sites (N-methyl/N-ethyl adjacent to an activating group) is 1. The number of aryl methyl sites for hydroxylation is 1. The number of hydrogen-bond acceptors (Lipinski definition) is 4. The van der Waals surface area contributed by atoms with Crippen molar-refractivity contribution in [1.82, 2.24) is 14.7 Å². The third kappa shape index (κ3) is 3.54. The van der Waals surface area contributed by atoms with Crippen LogP contribution >= 0.6 is 31.9 Å². The van der Waals surface area contributed by atoms with Gasteiger partial charge in [-0.15, -0.1) is 0 Å². The van der Waals surface area contributed by atoms with Crippen LogP contribution in [0.3, 0.4) is 0 Å². The molecule has 3 rings (SSSR count). The Labute approximate surface area is 156 Å². The van der Waals surface area contributed by atoms with Gasteiger partial charge >= 0.3 is 0 Å². The molecular weight excluding hydrogens is 440 g/mol. The van der Waals surface area contributed by atoms with Crippen molar-refractivity contribution in [3.8, 4) is 0 Å². The van der Waals surface area contributed by atoms with Gasteiger partial charge in [-0.05, 0) is 28.1 Å². The van der Waals surface area contributed by atoms with Crippen LogP contribution in [-0.2, 0) is 23.2 Å². The molecule has 2 heterocycles. The van der Waals surface area contributed by atoms with Crippen molar-refractivity contribution in [2.24, 2.45) is 12.2 Å². The Bertz CT molecular complexity index is 784. The molecule has 1 amide bonds. The lowest BCUT2D eigenvalue weighted by Crippen LogP contribution is -2.36. The Morgan fingerprint density at radius 2 is 2.25 bits per heavy atom. The number of benzene rings is 1. The summed E-state index contributed by atoms with van der Waals surface area (Å²) >= 11 is 6.89. The van der Waals surface area contributed by atoms with E-state index in [0.717, 1.165) is 25.9 Å². The molecule has 1 unspecified atom stereocenters. The number of hydrogen-bond donors (Lipinski definition) is 0. The van der Waals surface area contributed by atoms with E-state index in [0.29, 0.717) is 13.0 Å². The van der Waals surface area contributed by atoms with E-state index in [1.165, 1.54) is 0 Å². The van der Waals surface area contributed by atoms with Gasteiger partial charge in [-0.1, -0.05) is 33.2 Å². The number of nitrogens with zero attached hydrogens (tertiary/aromatic N) is 4. The molecule has 1 aromatic heterocycles. The highest BCUT2D eigenvalue weighted by molar-refractivity contribution is 9.10. The van der Waals surface area contributed by atoms with Crippen molar-refractivity contribution in [3.63, 3.8) is 0 Å². The molecule has 0 saturated heterocycles. The Morgan fingerprint density at radius 1 is 1.46 bits per heavy atom. The van der Waals surface area contributed by atoms with Crippen LogP contribution in [0, 0.1) is 0 Å². The van der Waals surface area contributed by atoms with Crippen molar-refractivity contribution >= 4 is 43.5 Å². The molecule has 1 aliphatic heterocycles. The lowest BCUT2D eigenvalue weighted by molar-refractivity contribution is -0.141. The first kappa shape index (κ1) is 17.2. The third-order valence-corrected chi connectivity index (χ3v) is 5.03. The lowest BCUT2D eigenvalue weighted by atomic mass is 10.0. The number of carbonyl (C=O) groups is 1. The first-order valence-electron chi connectivity index (χ1n) is 7.35. The number of oxime groups is 1. The molecule has 1 aromatic carbocycles. The zero-order chi connectivity index (χ0) is 17.3. The van der Waals surface area contributed by atoms with E-state index in [9.17, 15) is 4.79 Å². The van der Waals surface area contributed by atoms with Gasteiger partial charge in [0.25, 0.3) is 5.91 Å². The second kappa shape index (κ2) is 7.06. The van der Waals surface area contributed by atoms with E-state index in [-0.39, 0.29) is 5.91 Å². The second-order valence-corrected chi connectivity index (χ2v) is 7.37. The lowest BCUT2D eigenvalue weighted by Gasteiger charge is -2.20. The maximum Gasteiger partial charge on any atom is 0.267 e. The van der Waals surface area contributed by atoms with E-state index in [1.807, 2.05) is 31.3 Å². The van der Waals surface area contributed by atoms with Crippen LogP contribution in [-0.4, -0.2) is 39.5 Å². The SMILES string of the molecule is CN(Cc1c(Br)cnn1C)C(=O)C1CC(c2cccc(Br)c2)=NO1. The summed E-state index contributed by atoms with van der Waals surface area (Å²) < 4.78 is 3.59. The number of carbonyl (C=O) groups excluding carboxylic acids is 1. The first-order chi connectivity index (χ1) is 11.5. The number of halogens is 2. The minimum Gasteiger partial charge on any atom is -0.382 e. The summed E-state index contributed by atoms with van der Waals surface area (Å²) in [6.07, 6.45) is 1.59. The van der Waals surface area contributed by atoms with Crippen molar-refractivity contribution in [1.29, 1.82) is 0 Å². The fourth-order valence-corrected chi connectivity index (χ4v) is 3.38. The molecule has 0 bridgehead atoms. The van der Waals surface area contributed by atoms with E-state index in [1.54, 1.807) is 22.8 Å². The van der Waals surface area contributed by atoms with E-state index < -0.39 is 6.10 Å². The van der Waals surface area contributed by atoms with Crippen LogP contribution in [0.4, 0.5) is 0 Å². The maximum absolute atomic E-state index is 12.6. The maximum atomic E-state index is 12.6. The summed E-state index contributed by atoms with van der Waals surface area (Å²) in [5.74, 6) is -0.100. The fourth-order valence-electron chi connectivity index (χ4n) is 2.51. The van der Waals surface area contributed by atoms with Crippen LogP contribution in [0.1, 0.15) is 17.7 Å². The van der Waals surface area contributed by atoms with E-state index >= 15 is 0 Å². The molecule has 126 valence electrons. The number of amides is 1. The molecule has 0 radical (unpaired) electrons. The predicted octanol–water partition coefficient (Wildman–Crippen LogP) is 3.10. The monoisotopic (exact) mass is 454 g/mol. The van der Waals surface area contributed by atoms with Crippen LogP contribution in [0.2, 0.25) is 0 Å². The Morgan fingerprint density at radius 3 is 2.92 bits per heavy atom. The summed E-state index contributed by atoms with van der Waals surface area (Å²) in [4.78, 5) is 19.6. The van der Waals surface area contributed by atoms with Crippen molar-refractivity contribution < 1.29 is 9.63 Å². The minimum atomic E-state index is -0.587. The zero-order valence-corrected chi connectivity index (χ0v) is 16.4. The highest BCUT2D eigenvalue weighted by Gasteiger charge is 2.31. The summed E-state index contributed by atoms with van der Waals surface area (Å²) in [6, 6.07) is 7.80. The van der Waals surface area contributed by atoms with Gasteiger partial charge in [0.15, 0.2) is 0 Å². The van der Waals surface area contributed by atoms with Gasteiger partial charge in [-0.3, -0.25) is 9.48 Å². The molecule has 1 aliphatic rings. The smallest absolute Gasteiger partial charge is 0.267 e. The normalized spacial score (nSPS) is 16.7. The minimum absolute atomic E-state index is 0.100. The van der Waals surface area contributed by atoms with Gasteiger partial charge in [0, 0.05) is 30.6 Å². The van der Waals surface area contributed by atoms with Crippen LogP contribution in [0.5, 0.6) is 0 Å². The van der Waals surface area contributed by atoms with Gasteiger partial charge in [-0.25, -0.2) is 0 Å². The van der Waals surface area contributed by atoms with Crippen molar-refractivity contribution in [2.75, 3.05) is 7.05 Å². The van der Waals surface area contributed by atoms with Crippen LogP contribution in [0.15, 0.2) is 44.6 Å². The van der Waals surface area contributed by atoms with Gasteiger partial charge in [0.2, 0.25) is 6.10 Å². The Hall–Kier alpha value is -1.67. The summed E-state index contributed by atoms with van der Waals surface area (Å²) in [7, 11) is 3.60. The van der Waals surface area contributed by atoms with Crippen LogP contribution < -0.4 is 0 Å². The molecule has 0 aliphatic carbocycles. The van der Waals surface area contributed by atoms with Gasteiger partial charge in [0.1, 0.15) is 0 Å². The molecule has 0 saturated carbocycles. The number of aromatic nitrogens is 2. The van der Waals surface area contributed by atoms with Gasteiger partial charge < -0.3 is 9.74 Å². The molecule has 0 spiro atoms. The quantitative estimate of drug-likeness (QED) is 0.711. The molecular formula is C16H16Br2N4O2. The van der Waals surface area contributed by atoms with Gasteiger partial charge in [-0.2, -0.15) is 5.10 Å². The topological polar surface area (TPSA) is 59.7 Å². The average molecular weight is 456 g/mol. The van der Waals surface area contributed by atoms with E-state index in [2.05, 4.69) is 42.1 Å². The van der Waals surface area contributed by atoms with E-state index in [4.69, 9.17) is 4.84 Å². The predicted molar refractivity (Wildman–Crippen MR) is 97.6 cm³/mol. The molecule has 6 nitrogen and oxygen atoms in total. The van der Waals surface area contributed by atoms with Crippen molar-refractivity contribution in [2.45, 2.75) is 19.1 Å². The Kier molecular flexibility index (Phi) is 5.05. The zero-order valence-electron chi connectivity index (χ0n) is 13.2. The highest BCUT2D eigenvalue weighted by Crippen LogP contribution is 2.22. The molecule has 8 heteroatoms. The summed E-state index contributed by atoms with van der Waals surface area (Å²) in [6.45, 7) is 0.446. The summed E-state index contributed by atoms with van der Waals surface area (Å²) in [5, 5.41) is 8.25. The molecule has 24 heavy (non-hydrogen) atoms. The number of rotatable bonds is 4. The molecule has 1 atom stereocenters. The molecule has 2 aromatic rings. The van der Waals surface area contributed by atoms with Crippen LogP contribution in [0.25, 0.3) is 0 Å². The largest absolute Gasteiger partial charge is 0.382 e. The molecule has 0 fully saturated rings. The first-order valence-corrected chi connectivity index (χ1v) is 8.94. The standard InChI is InChI=1S/C16H16Br2N4O2/c1-21(9-14-12(18)8-19-22(14)2)16(23)15-7-13(20-24-15)10-4-3-5-11(17)6-10/h3-6,8,15H,7,9H2,1-2H3. The van der Waals surface area contributed by atoms with Gasteiger partial charge in [0.05, 0.1) is 28.6 Å². The third-order valence-electron chi connectivity index (χ3n) is 3.88. The second-order valence-electron chi connectivity index (χ2n) is 5.60. The summed E-state index contributed by atoms with van der Waals surface area (Å²) in [5.41, 5.74) is 2.67. The average Bonchev–Trinajstić information content (AvgIpc) is 3.16. The van der Waals surface area contributed by atoms with Crippen molar-refractivity contribution in [3.05, 3.63) is 50.7 Å². The Balaban J connectivity index is 1.65. The fraction of sp³-hybridized carbons (Fsp3) is 0.312.